The molecule has 0 aromatic rings. The van der Waals surface area contributed by atoms with Gasteiger partial charge in [0.1, 0.15) is 19.3 Å². The van der Waals surface area contributed by atoms with Gasteiger partial charge in [-0.1, -0.05) is 309 Å². The average Bonchev–Trinajstić information content (AvgIpc) is 3.01. The fourth-order valence-electron chi connectivity index (χ4n) is 10.7. The van der Waals surface area contributed by atoms with E-state index >= 15 is 0 Å². The zero-order valence-corrected chi connectivity index (χ0v) is 60.8. The Morgan fingerprint density at radius 2 is 0.522 bits per heavy atom. The van der Waals surface area contributed by atoms with Crippen molar-refractivity contribution in [3.05, 3.63) is 24.3 Å². The Bertz CT molecular complexity index is 1850. The molecule has 0 aromatic carbocycles. The molecule has 92 heavy (non-hydrogen) atoms. The van der Waals surface area contributed by atoms with E-state index in [0.29, 0.717) is 25.7 Å². The molecule has 0 radical (unpaired) electrons. The number of aliphatic hydroxyl groups excluding tert-OH is 1. The molecule has 542 valence electrons. The minimum atomic E-state index is -4.96. The molecule has 0 bridgehead atoms. The Balaban J connectivity index is 5.29. The van der Waals surface area contributed by atoms with Crippen LogP contribution >= 0.6 is 15.6 Å². The van der Waals surface area contributed by atoms with Gasteiger partial charge in [0.2, 0.25) is 0 Å². The number of carbonyl (C=O) groups is 4. The van der Waals surface area contributed by atoms with Crippen molar-refractivity contribution in [2.75, 3.05) is 39.6 Å². The number of esters is 4. The van der Waals surface area contributed by atoms with Crippen LogP contribution in [0.25, 0.3) is 0 Å². The van der Waals surface area contributed by atoms with Gasteiger partial charge in [0.15, 0.2) is 12.2 Å². The molecule has 0 saturated heterocycles. The van der Waals surface area contributed by atoms with E-state index in [9.17, 15) is 43.2 Å². The lowest BCUT2D eigenvalue weighted by atomic mass is 10.0. The lowest BCUT2D eigenvalue weighted by molar-refractivity contribution is -0.161. The molecule has 3 N–H and O–H groups in total. The summed E-state index contributed by atoms with van der Waals surface area (Å²) in [6, 6.07) is 0. The number of carbonyl (C=O) groups excluding carboxylic acids is 4. The van der Waals surface area contributed by atoms with E-state index in [2.05, 4.69) is 52.0 Å². The van der Waals surface area contributed by atoms with Crippen molar-refractivity contribution in [1.29, 1.82) is 0 Å². The van der Waals surface area contributed by atoms with E-state index < -0.39 is 97.5 Å². The summed E-state index contributed by atoms with van der Waals surface area (Å²) in [6.45, 7) is 4.90. The van der Waals surface area contributed by atoms with Crippen LogP contribution in [-0.4, -0.2) is 96.7 Å². The summed E-state index contributed by atoms with van der Waals surface area (Å²) in [5.41, 5.74) is 0. The van der Waals surface area contributed by atoms with Gasteiger partial charge in [0, 0.05) is 25.7 Å². The van der Waals surface area contributed by atoms with Crippen LogP contribution in [-0.2, 0) is 65.4 Å². The van der Waals surface area contributed by atoms with E-state index in [4.69, 9.17) is 37.0 Å². The Labute approximate surface area is 561 Å². The molecule has 0 amide bonds. The second-order valence-electron chi connectivity index (χ2n) is 25.6. The van der Waals surface area contributed by atoms with Gasteiger partial charge in [-0.15, -0.1) is 0 Å². The lowest BCUT2D eigenvalue weighted by Crippen LogP contribution is -2.30. The minimum Gasteiger partial charge on any atom is -0.462 e. The average molecular weight is 1350 g/mol. The van der Waals surface area contributed by atoms with E-state index in [1.807, 2.05) is 0 Å². The summed E-state index contributed by atoms with van der Waals surface area (Å²) >= 11 is 0. The first kappa shape index (κ1) is 89.5. The molecule has 2 unspecified atom stereocenters. The third-order valence-electron chi connectivity index (χ3n) is 16.5. The highest BCUT2D eigenvalue weighted by molar-refractivity contribution is 7.47. The highest BCUT2D eigenvalue weighted by Crippen LogP contribution is 2.45. The predicted molar refractivity (Wildman–Crippen MR) is 372 cm³/mol. The van der Waals surface area contributed by atoms with Crippen LogP contribution < -0.4 is 0 Å². The van der Waals surface area contributed by atoms with E-state index in [1.165, 1.54) is 180 Å². The molecule has 0 fully saturated rings. The van der Waals surface area contributed by atoms with Crippen LogP contribution in [0.5, 0.6) is 0 Å². The molecule has 0 aliphatic heterocycles. The summed E-state index contributed by atoms with van der Waals surface area (Å²) in [5.74, 6) is -2.15. The number of hydrogen-bond acceptors (Lipinski definition) is 15. The normalized spacial score (nSPS) is 14.1. The Kier molecular flexibility index (Phi) is 65.3. The van der Waals surface area contributed by atoms with Crippen LogP contribution in [0.15, 0.2) is 24.3 Å². The van der Waals surface area contributed by atoms with Crippen LogP contribution in [0.3, 0.4) is 0 Å². The highest BCUT2D eigenvalue weighted by atomic mass is 31.2. The van der Waals surface area contributed by atoms with Gasteiger partial charge < -0.3 is 33.8 Å². The van der Waals surface area contributed by atoms with Gasteiger partial charge in [-0.2, -0.15) is 0 Å². The first-order valence-electron chi connectivity index (χ1n) is 37.6. The van der Waals surface area contributed by atoms with Crippen molar-refractivity contribution in [2.45, 2.75) is 380 Å². The number of unbranched alkanes of at least 4 members (excludes halogenated alkanes) is 43. The van der Waals surface area contributed by atoms with Crippen molar-refractivity contribution < 1.29 is 80.2 Å². The fraction of sp³-hybridized carbons (Fsp3) is 0.890. The molecule has 0 aliphatic carbocycles. The SMILES string of the molecule is CCCCCC/C=C\C=C/CCCCCCCC(=O)O[C@H](COC(=O)CCCCCCCCCCCCCCC)COP(=O)(O)OC[C@@H](O)COP(=O)(O)OC[C@@H](COC(=O)CCCCCCCCCCCCC)OC(=O)CCCCCCCCCCCCCCC. The van der Waals surface area contributed by atoms with Gasteiger partial charge in [-0.05, 0) is 51.4 Å². The zero-order valence-electron chi connectivity index (χ0n) is 59.0. The number of rotatable bonds is 72. The van der Waals surface area contributed by atoms with E-state index in [1.54, 1.807) is 0 Å². The number of phosphoric ester groups is 2. The second kappa shape index (κ2) is 67.1. The first-order chi connectivity index (χ1) is 44.7. The van der Waals surface area contributed by atoms with Crippen molar-refractivity contribution in [3.8, 4) is 0 Å². The quantitative estimate of drug-likeness (QED) is 0.0169. The van der Waals surface area contributed by atoms with Crippen LogP contribution in [0.4, 0.5) is 0 Å². The van der Waals surface area contributed by atoms with Gasteiger partial charge in [0.05, 0.1) is 26.4 Å². The maximum atomic E-state index is 13.0. The monoisotopic (exact) mass is 1350 g/mol. The number of hydrogen-bond donors (Lipinski definition) is 3. The van der Waals surface area contributed by atoms with Crippen molar-refractivity contribution in [2.24, 2.45) is 0 Å². The van der Waals surface area contributed by atoms with Crippen LogP contribution in [0.1, 0.15) is 362 Å². The molecular weight excluding hydrogens is 1210 g/mol. The smallest absolute Gasteiger partial charge is 0.462 e. The Morgan fingerprint density at radius 3 is 0.793 bits per heavy atom. The standard InChI is InChI=1S/C73H138O17P2/c1-5-9-13-17-21-25-29-32-33-36-40-44-48-52-56-60-73(78)90-69(64-84-71(76)58-54-50-46-42-38-34-30-26-22-18-14-10-6-2)66-88-92(81,82)86-62-67(74)61-85-91(79,80)87-65-68(63-83-70(75)57-53-49-45-41-37-28-24-20-16-12-8-4)89-72(77)59-55-51-47-43-39-35-31-27-23-19-15-11-7-3/h25,29,32-33,67-69,74H,5-24,26-28,30-31,34-66H2,1-4H3,(H,79,80)(H,81,82)/b29-25-,33-32-/t67-,68+,69+/m0/s1. The number of allylic oxidation sites excluding steroid dienone is 4. The number of phosphoric acid groups is 2. The van der Waals surface area contributed by atoms with E-state index in [-0.39, 0.29) is 25.7 Å². The second-order valence-corrected chi connectivity index (χ2v) is 28.6. The molecule has 0 spiro atoms. The van der Waals surface area contributed by atoms with Gasteiger partial charge in [-0.3, -0.25) is 37.3 Å². The fourth-order valence-corrected chi connectivity index (χ4v) is 12.3. The van der Waals surface area contributed by atoms with Gasteiger partial charge in [-0.25, -0.2) is 9.13 Å². The molecular formula is C73H138O17P2. The zero-order chi connectivity index (χ0) is 67.5. The van der Waals surface area contributed by atoms with Gasteiger partial charge in [0.25, 0.3) is 0 Å². The van der Waals surface area contributed by atoms with Crippen molar-refractivity contribution >= 4 is 39.5 Å². The van der Waals surface area contributed by atoms with Crippen LogP contribution in [0, 0.1) is 0 Å². The Morgan fingerprint density at radius 1 is 0.304 bits per heavy atom. The maximum absolute atomic E-state index is 13.0. The van der Waals surface area contributed by atoms with Crippen molar-refractivity contribution in [3.63, 3.8) is 0 Å². The van der Waals surface area contributed by atoms with Gasteiger partial charge >= 0.3 is 39.5 Å². The molecule has 0 rings (SSSR count). The summed E-state index contributed by atoms with van der Waals surface area (Å²) in [4.78, 5) is 72.7. The molecule has 0 aromatic heterocycles. The summed E-state index contributed by atoms with van der Waals surface area (Å²) in [6.07, 6.45) is 58.8. The van der Waals surface area contributed by atoms with Crippen molar-refractivity contribution in [1.82, 2.24) is 0 Å². The topological polar surface area (TPSA) is 237 Å². The largest absolute Gasteiger partial charge is 0.472 e. The highest BCUT2D eigenvalue weighted by Gasteiger charge is 2.30. The Hall–Kier alpha value is -2.46. The van der Waals surface area contributed by atoms with Crippen LogP contribution in [0.2, 0.25) is 0 Å². The number of aliphatic hydroxyl groups is 1. The number of ether oxygens (including phenoxy) is 4. The van der Waals surface area contributed by atoms with E-state index in [0.717, 1.165) is 103 Å². The molecule has 19 heteroatoms. The molecule has 17 nitrogen and oxygen atoms in total. The third-order valence-corrected chi connectivity index (χ3v) is 18.4. The molecule has 0 heterocycles. The minimum absolute atomic E-state index is 0.0859. The molecule has 5 atom stereocenters. The molecule has 0 saturated carbocycles. The third kappa shape index (κ3) is 66.2. The summed E-state index contributed by atoms with van der Waals surface area (Å²) < 4.78 is 68.4. The first-order valence-corrected chi connectivity index (χ1v) is 40.6. The molecule has 0 aliphatic rings. The summed E-state index contributed by atoms with van der Waals surface area (Å²) in [5, 5.41) is 10.6. The lowest BCUT2D eigenvalue weighted by Gasteiger charge is -2.21. The summed E-state index contributed by atoms with van der Waals surface area (Å²) in [7, 11) is -9.92. The maximum Gasteiger partial charge on any atom is 0.472 e. The predicted octanol–water partition coefficient (Wildman–Crippen LogP) is 21.0.